The summed E-state index contributed by atoms with van der Waals surface area (Å²) in [6.45, 7) is 0. The van der Waals surface area contributed by atoms with E-state index >= 15 is 0 Å². The van der Waals surface area contributed by atoms with Crippen molar-refractivity contribution in [3.8, 4) is 0 Å². The molecule has 0 spiro atoms. The van der Waals surface area contributed by atoms with Gasteiger partial charge in [-0.25, -0.2) is 0 Å². The van der Waals surface area contributed by atoms with E-state index in [4.69, 9.17) is 17.3 Å². The molecule has 2 N–H and O–H groups in total. The highest BCUT2D eigenvalue weighted by Crippen LogP contribution is 2.28. The van der Waals surface area contributed by atoms with Gasteiger partial charge in [-0.1, -0.05) is 11.6 Å². The third-order valence-electron chi connectivity index (χ3n) is 1.90. The predicted octanol–water partition coefficient (Wildman–Crippen LogP) is 1.81. The van der Waals surface area contributed by atoms with Crippen molar-refractivity contribution in [2.75, 3.05) is 5.73 Å². The first-order valence-electron chi connectivity index (χ1n) is 3.56. The number of aromatic nitrogens is 2. The van der Waals surface area contributed by atoms with Gasteiger partial charge in [0.2, 0.25) is 0 Å². The molecule has 12 heavy (non-hydrogen) atoms. The van der Waals surface area contributed by atoms with Gasteiger partial charge in [0, 0.05) is 12.4 Å². The first-order chi connectivity index (χ1) is 5.70. The van der Waals surface area contributed by atoms with Crippen LogP contribution in [-0.2, 0) is 7.05 Å². The van der Waals surface area contributed by atoms with Gasteiger partial charge >= 0.3 is 0 Å². The van der Waals surface area contributed by atoms with Crippen molar-refractivity contribution in [2.45, 2.75) is 0 Å². The van der Waals surface area contributed by atoms with E-state index in [0.717, 1.165) is 10.9 Å². The molecule has 0 aliphatic carbocycles. The fraction of sp³-hybridized carbons (Fsp3) is 0.125. The zero-order chi connectivity index (χ0) is 8.72. The van der Waals surface area contributed by atoms with E-state index in [1.54, 1.807) is 16.9 Å². The molecule has 0 atom stereocenters. The second-order valence-corrected chi connectivity index (χ2v) is 3.05. The van der Waals surface area contributed by atoms with Gasteiger partial charge in [-0.05, 0) is 12.1 Å². The minimum atomic E-state index is 0.584. The molecule has 0 fully saturated rings. The van der Waals surface area contributed by atoms with E-state index in [0.29, 0.717) is 10.7 Å². The van der Waals surface area contributed by atoms with E-state index < -0.39 is 0 Å². The molecule has 0 unspecified atom stereocenters. The number of halogens is 1. The Morgan fingerprint density at radius 3 is 3.00 bits per heavy atom. The maximum Gasteiger partial charge on any atom is 0.0745 e. The molecular formula is C8H8ClN3. The number of hydrogen-bond donors (Lipinski definition) is 1. The van der Waals surface area contributed by atoms with Gasteiger partial charge in [0.15, 0.2) is 0 Å². The first kappa shape index (κ1) is 7.43. The molecule has 0 aliphatic rings. The number of nitrogens with zero attached hydrogens (tertiary/aromatic N) is 2. The van der Waals surface area contributed by atoms with Crippen LogP contribution in [0, 0.1) is 0 Å². The zero-order valence-corrected chi connectivity index (χ0v) is 7.34. The van der Waals surface area contributed by atoms with Crippen LogP contribution in [0.3, 0.4) is 0 Å². The molecule has 3 nitrogen and oxygen atoms in total. The summed E-state index contributed by atoms with van der Waals surface area (Å²) in [5.74, 6) is 0. The van der Waals surface area contributed by atoms with Crippen molar-refractivity contribution >= 4 is 28.2 Å². The van der Waals surface area contributed by atoms with Crippen molar-refractivity contribution in [3.05, 3.63) is 23.4 Å². The van der Waals surface area contributed by atoms with Crippen LogP contribution in [0.25, 0.3) is 10.9 Å². The second kappa shape index (κ2) is 2.38. The minimum absolute atomic E-state index is 0.584. The predicted molar refractivity (Wildman–Crippen MR) is 50.1 cm³/mol. The van der Waals surface area contributed by atoms with Crippen LogP contribution in [-0.4, -0.2) is 9.78 Å². The highest BCUT2D eigenvalue weighted by atomic mass is 35.5. The fourth-order valence-electron chi connectivity index (χ4n) is 1.21. The summed E-state index contributed by atoms with van der Waals surface area (Å²) in [6, 6.07) is 3.69. The number of aryl methyl sites for hydroxylation is 1. The fourth-order valence-corrected chi connectivity index (χ4v) is 1.42. The summed E-state index contributed by atoms with van der Waals surface area (Å²) in [4.78, 5) is 0. The van der Waals surface area contributed by atoms with E-state index in [1.165, 1.54) is 0 Å². The summed E-state index contributed by atoms with van der Waals surface area (Å²) in [7, 11) is 1.87. The van der Waals surface area contributed by atoms with Crippen LogP contribution in [0.4, 0.5) is 5.69 Å². The van der Waals surface area contributed by atoms with Gasteiger partial charge in [0.05, 0.1) is 22.4 Å². The maximum atomic E-state index is 5.96. The number of nitrogen functional groups attached to an aromatic ring is 1. The molecule has 4 heteroatoms. The van der Waals surface area contributed by atoms with E-state index in [1.807, 2.05) is 13.1 Å². The average molecular weight is 182 g/mol. The van der Waals surface area contributed by atoms with Crippen LogP contribution in [0.5, 0.6) is 0 Å². The standard InChI is InChI=1S/C8H8ClN3/c1-12-7-3-2-6(10)8(9)5(7)4-11-12/h2-4H,10H2,1H3. The Balaban J connectivity index is 2.93. The molecule has 0 radical (unpaired) electrons. The van der Waals surface area contributed by atoms with Crippen molar-refractivity contribution in [2.24, 2.45) is 7.05 Å². The molecular weight excluding hydrogens is 174 g/mol. The molecule has 62 valence electrons. The normalized spacial score (nSPS) is 10.8. The van der Waals surface area contributed by atoms with Crippen molar-refractivity contribution < 1.29 is 0 Å². The Kier molecular flexibility index (Phi) is 1.48. The van der Waals surface area contributed by atoms with Gasteiger partial charge in [-0.3, -0.25) is 4.68 Å². The van der Waals surface area contributed by atoms with Gasteiger partial charge < -0.3 is 5.73 Å². The Morgan fingerprint density at radius 1 is 1.50 bits per heavy atom. The van der Waals surface area contributed by atoms with Gasteiger partial charge in [0.1, 0.15) is 0 Å². The van der Waals surface area contributed by atoms with Crippen molar-refractivity contribution in [1.82, 2.24) is 9.78 Å². The smallest absolute Gasteiger partial charge is 0.0745 e. The Hall–Kier alpha value is -1.22. The van der Waals surface area contributed by atoms with Crippen LogP contribution >= 0.6 is 11.6 Å². The minimum Gasteiger partial charge on any atom is -0.398 e. The van der Waals surface area contributed by atoms with Gasteiger partial charge in [-0.15, -0.1) is 0 Å². The number of hydrogen-bond acceptors (Lipinski definition) is 2. The molecule has 1 aromatic carbocycles. The zero-order valence-electron chi connectivity index (χ0n) is 6.58. The second-order valence-electron chi connectivity index (χ2n) is 2.67. The molecule has 2 aromatic rings. The topological polar surface area (TPSA) is 43.8 Å². The number of rotatable bonds is 0. The molecule has 0 bridgehead atoms. The Labute approximate surface area is 74.7 Å². The van der Waals surface area contributed by atoms with Crippen LogP contribution < -0.4 is 5.73 Å². The third-order valence-corrected chi connectivity index (χ3v) is 2.32. The van der Waals surface area contributed by atoms with Crippen molar-refractivity contribution in [1.29, 1.82) is 0 Å². The highest BCUT2D eigenvalue weighted by molar-refractivity contribution is 6.37. The average Bonchev–Trinajstić information content (AvgIpc) is 2.41. The lowest BCUT2D eigenvalue weighted by Crippen LogP contribution is -1.90. The summed E-state index contributed by atoms with van der Waals surface area (Å²) in [6.07, 6.45) is 1.72. The molecule has 1 heterocycles. The number of anilines is 1. The summed E-state index contributed by atoms with van der Waals surface area (Å²) >= 11 is 5.96. The molecule has 0 aliphatic heterocycles. The molecule has 1 aromatic heterocycles. The Bertz CT molecular complexity index is 433. The molecule has 0 amide bonds. The van der Waals surface area contributed by atoms with E-state index in [9.17, 15) is 0 Å². The molecule has 0 saturated heterocycles. The summed E-state index contributed by atoms with van der Waals surface area (Å²) < 4.78 is 1.76. The lowest BCUT2D eigenvalue weighted by molar-refractivity contribution is 0.797. The molecule has 0 saturated carbocycles. The molecule has 2 rings (SSSR count). The summed E-state index contributed by atoms with van der Waals surface area (Å²) in [5.41, 5.74) is 7.22. The quantitative estimate of drug-likeness (QED) is 0.630. The van der Waals surface area contributed by atoms with Crippen LogP contribution in [0.2, 0.25) is 5.02 Å². The lowest BCUT2D eigenvalue weighted by Gasteiger charge is -1.98. The van der Waals surface area contributed by atoms with Crippen LogP contribution in [0.1, 0.15) is 0 Å². The van der Waals surface area contributed by atoms with E-state index in [-0.39, 0.29) is 0 Å². The van der Waals surface area contributed by atoms with E-state index in [2.05, 4.69) is 5.10 Å². The Morgan fingerprint density at radius 2 is 2.25 bits per heavy atom. The third kappa shape index (κ3) is 0.865. The maximum absolute atomic E-state index is 5.96. The van der Waals surface area contributed by atoms with Gasteiger partial charge in [0.25, 0.3) is 0 Å². The lowest BCUT2D eigenvalue weighted by atomic mass is 10.2. The largest absolute Gasteiger partial charge is 0.398 e. The van der Waals surface area contributed by atoms with Crippen molar-refractivity contribution in [3.63, 3.8) is 0 Å². The monoisotopic (exact) mass is 181 g/mol. The summed E-state index contributed by atoms with van der Waals surface area (Å²) in [5, 5.41) is 5.56. The van der Waals surface area contributed by atoms with Gasteiger partial charge in [-0.2, -0.15) is 5.10 Å². The first-order valence-corrected chi connectivity index (χ1v) is 3.93. The number of benzene rings is 1. The number of nitrogens with two attached hydrogens (primary N) is 1. The van der Waals surface area contributed by atoms with Crippen LogP contribution in [0.15, 0.2) is 18.3 Å². The number of fused-ring (bicyclic) bond motifs is 1. The SMILES string of the molecule is Cn1ncc2c(Cl)c(N)ccc21. The highest BCUT2D eigenvalue weighted by Gasteiger charge is 2.05.